The molecule has 1 aliphatic rings. The number of nitrogens with zero attached hydrogens (tertiary/aromatic N) is 2. The first-order valence-electron chi connectivity index (χ1n) is 9.23. The van der Waals surface area contributed by atoms with Crippen molar-refractivity contribution in [3.05, 3.63) is 59.9 Å². The van der Waals surface area contributed by atoms with Crippen LogP contribution in [0.5, 0.6) is 0 Å². The van der Waals surface area contributed by atoms with Crippen molar-refractivity contribution in [1.29, 1.82) is 0 Å². The van der Waals surface area contributed by atoms with Gasteiger partial charge in [0.25, 0.3) is 0 Å². The molecule has 5 heteroatoms. The van der Waals surface area contributed by atoms with Crippen LogP contribution >= 0.6 is 0 Å². The minimum absolute atomic E-state index is 0.0115. The number of carbonyl (C=O) groups is 2. The molecule has 2 atom stereocenters. The third-order valence-electron chi connectivity index (χ3n) is 5.14. The fourth-order valence-corrected chi connectivity index (χ4v) is 3.74. The summed E-state index contributed by atoms with van der Waals surface area (Å²) in [4.78, 5) is 26.8. The molecule has 1 amide bonds. The molecule has 1 fully saturated rings. The molecule has 1 saturated heterocycles. The monoisotopic (exact) mass is 353 g/mol. The molecule has 0 saturated carbocycles. The lowest BCUT2D eigenvalue weighted by Gasteiger charge is -2.25. The van der Waals surface area contributed by atoms with Gasteiger partial charge in [-0.3, -0.25) is 14.5 Å². The number of aromatic nitrogens is 1. The predicted molar refractivity (Wildman–Crippen MR) is 102 cm³/mol. The van der Waals surface area contributed by atoms with Gasteiger partial charge in [-0.15, -0.1) is 0 Å². The molecular formula is C21H27N3O2. The smallest absolute Gasteiger partial charge is 0.234 e. The van der Waals surface area contributed by atoms with E-state index in [-0.39, 0.29) is 17.7 Å². The van der Waals surface area contributed by atoms with Crippen LogP contribution in [0.3, 0.4) is 0 Å². The summed E-state index contributed by atoms with van der Waals surface area (Å²) in [5.74, 6) is -0.0927. The summed E-state index contributed by atoms with van der Waals surface area (Å²) in [5, 5.41) is 2.94. The molecule has 138 valence electrons. The summed E-state index contributed by atoms with van der Waals surface area (Å²) in [6, 6.07) is 13.8. The first-order chi connectivity index (χ1) is 12.5. The Bertz CT molecular complexity index is 754. The first kappa shape index (κ1) is 18.4. The maximum atomic E-state index is 12.6. The molecule has 3 rings (SSSR count). The zero-order valence-electron chi connectivity index (χ0n) is 15.5. The second kappa shape index (κ2) is 8.32. The van der Waals surface area contributed by atoms with E-state index in [0.717, 1.165) is 24.9 Å². The Hall–Kier alpha value is -2.40. The molecule has 5 nitrogen and oxygen atoms in total. The summed E-state index contributed by atoms with van der Waals surface area (Å²) in [6.07, 6.45) is 4.72. The Kier molecular flexibility index (Phi) is 5.89. The minimum Gasteiger partial charge on any atom is -0.353 e. The Morgan fingerprint density at radius 1 is 1.19 bits per heavy atom. The summed E-state index contributed by atoms with van der Waals surface area (Å²) >= 11 is 0. The average Bonchev–Trinajstić information content (AvgIpc) is 3.23. The largest absolute Gasteiger partial charge is 0.353 e. The molecule has 0 spiro atoms. The maximum absolute atomic E-state index is 12.6. The average molecular weight is 353 g/mol. The van der Waals surface area contributed by atoms with Crippen LogP contribution in [0.15, 0.2) is 48.7 Å². The van der Waals surface area contributed by atoms with Gasteiger partial charge in [-0.1, -0.05) is 30.3 Å². The zero-order chi connectivity index (χ0) is 18.5. The van der Waals surface area contributed by atoms with E-state index in [1.807, 2.05) is 49.6 Å². The normalized spacial score (nSPS) is 18.6. The van der Waals surface area contributed by atoms with Crippen molar-refractivity contribution in [1.82, 2.24) is 14.8 Å². The van der Waals surface area contributed by atoms with E-state index < -0.39 is 6.04 Å². The van der Waals surface area contributed by atoms with Gasteiger partial charge in [0.15, 0.2) is 5.78 Å². The minimum atomic E-state index is -0.471. The Morgan fingerprint density at radius 2 is 1.96 bits per heavy atom. The third kappa shape index (κ3) is 4.41. The second-order valence-corrected chi connectivity index (χ2v) is 7.09. The van der Waals surface area contributed by atoms with E-state index in [2.05, 4.69) is 20.9 Å². The molecule has 26 heavy (non-hydrogen) atoms. The summed E-state index contributed by atoms with van der Waals surface area (Å²) in [5.41, 5.74) is 2.29. The van der Waals surface area contributed by atoms with E-state index in [0.29, 0.717) is 13.0 Å². The first-order valence-corrected chi connectivity index (χ1v) is 9.23. The van der Waals surface area contributed by atoms with Gasteiger partial charge in [0.1, 0.15) is 0 Å². The molecule has 1 aromatic carbocycles. The zero-order valence-corrected chi connectivity index (χ0v) is 15.5. The topological polar surface area (TPSA) is 54.3 Å². The van der Waals surface area contributed by atoms with Crippen LogP contribution in [0.1, 0.15) is 37.1 Å². The fourth-order valence-electron chi connectivity index (χ4n) is 3.74. The van der Waals surface area contributed by atoms with Crippen molar-refractivity contribution < 1.29 is 9.59 Å². The lowest BCUT2D eigenvalue weighted by Crippen LogP contribution is -2.46. The van der Waals surface area contributed by atoms with Crippen molar-refractivity contribution in [2.75, 3.05) is 13.1 Å². The number of aryl methyl sites for hydroxylation is 1. The highest BCUT2D eigenvalue weighted by Gasteiger charge is 2.29. The molecule has 0 bridgehead atoms. The number of nitrogens with one attached hydrogen (secondary N) is 1. The number of Topliss-reactive ketones (excluding diaryl/α,β-unsaturated/α-hetero) is 1. The second-order valence-electron chi connectivity index (χ2n) is 7.09. The van der Waals surface area contributed by atoms with Gasteiger partial charge in [-0.05, 0) is 50.4 Å². The van der Waals surface area contributed by atoms with Crippen LogP contribution in [0.4, 0.5) is 0 Å². The van der Waals surface area contributed by atoms with E-state index in [1.165, 1.54) is 12.6 Å². The lowest BCUT2D eigenvalue weighted by atomic mass is 10.0. The van der Waals surface area contributed by atoms with E-state index in [4.69, 9.17) is 0 Å². The SMILES string of the molecule is CC(=O)C(Cc1ccccc1)NC(=O)CN1CCCC1c1cccn1C. The van der Waals surface area contributed by atoms with Gasteiger partial charge in [0, 0.05) is 18.9 Å². The lowest BCUT2D eigenvalue weighted by molar-refractivity contribution is -0.127. The third-order valence-corrected chi connectivity index (χ3v) is 5.14. The van der Waals surface area contributed by atoms with Gasteiger partial charge in [0.2, 0.25) is 5.91 Å². The van der Waals surface area contributed by atoms with Gasteiger partial charge in [-0.25, -0.2) is 0 Å². The number of hydrogen-bond acceptors (Lipinski definition) is 3. The van der Waals surface area contributed by atoms with Gasteiger partial charge in [0.05, 0.1) is 18.6 Å². The van der Waals surface area contributed by atoms with Gasteiger partial charge < -0.3 is 9.88 Å². The summed E-state index contributed by atoms with van der Waals surface area (Å²) < 4.78 is 2.12. The molecule has 1 N–H and O–H groups in total. The molecule has 2 unspecified atom stereocenters. The van der Waals surface area contributed by atoms with Gasteiger partial charge >= 0.3 is 0 Å². The highest BCUT2D eigenvalue weighted by atomic mass is 16.2. The fraction of sp³-hybridized carbons (Fsp3) is 0.429. The quantitative estimate of drug-likeness (QED) is 0.832. The number of ketones is 1. The molecule has 0 aliphatic carbocycles. The van der Waals surface area contributed by atoms with Crippen LogP contribution in [0.2, 0.25) is 0 Å². The van der Waals surface area contributed by atoms with E-state index in [1.54, 1.807) is 0 Å². The van der Waals surface area contributed by atoms with Crippen LogP contribution in [0, 0.1) is 0 Å². The Morgan fingerprint density at radius 3 is 2.62 bits per heavy atom. The number of benzene rings is 1. The van der Waals surface area contributed by atoms with Gasteiger partial charge in [-0.2, -0.15) is 0 Å². The van der Waals surface area contributed by atoms with Crippen molar-refractivity contribution in [3.63, 3.8) is 0 Å². The number of rotatable bonds is 7. The van der Waals surface area contributed by atoms with E-state index >= 15 is 0 Å². The molecule has 2 aromatic rings. The van der Waals surface area contributed by atoms with Crippen LogP contribution in [-0.2, 0) is 23.1 Å². The molecule has 1 aromatic heterocycles. The predicted octanol–water partition coefficient (Wildman–Crippen LogP) is 2.48. The Balaban J connectivity index is 1.61. The highest BCUT2D eigenvalue weighted by molar-refractivity contribution is 5.88. The summed E-state index contributed by atoms with van der Waals surface area (Å²) in [6.45, 7) is 2.78. The standard InChI is InChI=1S/C21H27N3O2/c1-16(25)18(14-17-8-4-3-5-9-17)22-21(26)15-24-13-7-11-20(24)19-10-6-12-23(19)2/h3-6,8-10,12,18,20H,7,11,13-15H2,1-2H3,(H,22,26). The van der Waals surface area contributed by atoms with E-state index in [9.17, 15) is 9.59 Å². The number of likely N-dealkylation sites (tertiary alicyclic amines) is 1. The van der Waals surface area contributed by atoms with Crippen molar-refractivity contribution in [2.45, 2.75) is 38.3 Å². The maximum Gasteiger partial charge on any atom is 0.234 e. The van der Waals surface area contributed by atoms with Crippen LogP contribution < -0.4 is 5.32 Å². The number of hydrogen-bond donors (Lipinski definition) is 1. The van der Waals surface area contributed by atoms with Crippen molar-refractivity contribution >= 4 is 11.7 Å². The molecule has 1 aliphatic heterocycles. The molecular weight excluding hydrogens is 326 g/mol. The van der Waals surface area contributed by atoms with Crippen molar-refractivity contribution in [2.24, 2.45) is 7.05 Å². The molecule has 0 radical (unpaired) electrons. The van der Waals surface area contributed by atoms with Crippen molar-refractivity contribution in [3.8, 4) is 0 Å². The Labute approximate surface area is 155 Å². The summed E-state index contributed by atoms with van der Waals surface area (Å²) in [7, 11) is 2.04. The number of carbonyl (C=O) groups excluding carboxylic acids is 2. The van der Waals surface area contributed by atoms with Crippen LogP contribution in [0.25, 0.3) is 0 Å². The van der Waals surface area contributed by atoms with Crippen LogP contribution in [-0.4, -0.2) is 40.3 Å². The highest BCUT2D eigenvalue weighted by Crippen LogP contribution is 2.31. The number of amides is 1. The molecule has 2 heterocycles.